The highest BCUT2D eigenvalue weighted by atomic mass is 16.5. The first-order valence-corrected chi connectivity index (χ1v) is 5.00. The monoisotopic (exact) mass is 178 g/mol. The topological polar surface area (TPSA) is 9.23 Å². The van der Waals surface area contributed by atoms with E-state index in [4.69, 9.17) is 4.74 Å². The van der Waals surface area contributed by atoms with Gasteiger partial charge in [0.15, 0.2) is 0 Å². The van der Waals surface area contributed by atoms with Gasteiger partial charge in [-0.25, -0.2) is 0 Å². The summed E-state index contributed by atoms with van der Waals surface area (Å²) in [6.45, 7) is 7.20. The van der Waals surface area contributed by atoms with Crippen LogP contribution in [-0.4, -0.2) is 6.61 Å². The highest BCUT2D eigenvalue weighted by Crippen LogP contribution is 2.21. The molecule has 1 aromatic rings. The number of benzene rings is 1. The maximum atomic E-state index is 5.37. The van der Waals surface area contributed by atoms with Crippen LogP contribution in [-0.2, 0) is 0 Å². The molecular formula is C12H18O. The summed E-state index contributed by atoms with van der Waals surface area (Å²) in [7, 11) is 0. The summed E-state index contributed by atoms with van der Waals surface area (Å²) in [4.78, 5) is 0. The third-order valence-electron chi connectivity index (χ3n) is 2.37. The largest absolute Gasteiger partial charge is 0.494 e. The molecule has 0 aliphatic carbocycles. The molecule has 1 rings (SSSR count). The van der Waals surface area contributed by atoms with Gasteiger partial charge in [-0.1, -0.05) is 26.0 Å². The van der Waals surface area contributed by atoms with Crippen LogP contribution in [0.5, 0.6) is 5.75 Å². The average Bonchev–Trinajstić information content (AvgIpc) is 2.18. The zero-order valence-corrected chi connectivity index (χ0v) is 8.71. The lowest BCUT2D eigenvalue weighted by Gasteiger charge is -2.09. The van der Waals surface area contributed by atoms with Crippen LogP contribution in [0.25, 0.3) is 0 Å². The second-order valence-electron chi connectivity index (χ2n) is 3.31. The lowest BCUT2D eigenvalue weighted by molar-refractivity contribution is 0.340. The molecular weight excluding hydrogens is 160 g/mol. The minimum atomic E-state index is 0.649. The maximum Gasteiger partial charge on any atom is 0.119 e. The minimum absolute atomic E-state index is 0.649. The predicted octanol–water partition coefficient (Wildman–Crippen LogP) is 3.60. The van der Waals surface area contributed by atoms with E-state index < -0.39 is 0 Å². The quantitative estimate of drug-likeness (QED) is 0.684. The van der Waals surface area contributed by atoms with Crippen molar-refractivity contribution in [2.24, 2.45) is 0 Å². The van der Waals surface area contributed by atoms with Crippen LogP contribution in [0.15, 0.2) is 24.3 Å². The summed E-state index contributed by atoms with van der Waals surface area (Å²) >= 11 is 0. The van der Waals surface area contributed by atoms with E-state index in [9.17, 15) is 0 Å². The molecule has 0 radical (unpaired) electrons. The van der Waals surface area contributed by atoms with E-state index in [2.05, 4.69) is 26.0 Å². The van der Waals surface area contributed by atoms with E-state index in [1.807, 2.05) is 19.1 Å². The molecule has 0 bridgehead atoms. The van der Waals surface area contributed by atoms with Gasteiger partial charge in [-0.2, -0.15) is 0 Å². The second kappa shape index (κ2) is 4.90. The SMILES string of the molecule is CCOc1ccc([C@@H](C)CC)cc1. The average molecular weight is 178 g/mol. The van der Waals surface area contributed by atoms with Gasteiger partial charge in [-0.15, -0.1) is 0 Å². The third-order valence-corrected chi connectivity index (χ3v) is 2.37. The highest BCUT2D eigenvalue weighted by molar-refractivity contribution is 5.29. The van der Waals surface area contributed by atoms with Crippen molar-refractivity contribution in [2.45, 2.75) is 33.1 Å². The van der Waals surface area contributed by atoms with Crippen molar-refractivity contribution in [2.75, 3.05) is 6.61 Å². The van der Waals surface area contributed by atoms with Crippen LogP contribution < -0.4 is 4.74 Å². The van der Waals surface area contributed by atoms with Crippen molar-refractivity contribution in [1.29, 1.82) is 0 Å². The maximum absolute atomic E-state index is 5.37. The van der Waals surface area contributed by atoms with Gasteiger partial charge in [0.25, 0.3) is 0 Å². The van der Waals surface area contributed by atoms with E-state index in [-0.39, 0.29) is 0 Å². The molecule has 0 heterocycles. The van der Waals surface area contributed by atoms with Gasteiger partial charge >= 0.3 is 0 Å². The van der Waals surface area contributed by atoms with Crippen LogP contribution in [0.3, 0.4) is 0 Å². The van der Waals surface area contributed by atoms with Gasteiger partial charge in [0.05, 0.1) is 6.61 Å². The van der Waals surface area contributed by atoms with Gasteiger partial charge in [0, 0.05) is 0 Å². The van der Waals surface area contributed by atoms with Crippen LogP contribution in [0.1, 0.15) is 38.7 Å². The van der Waals surface area contributed by atoms with Crippen molar-refractivity contribution in [1.82, 2.24) is 0 Å². The Kier molecular flexibility index (Phi) is 3.81. The fourth-order valence-electron chi connectivity index (χ4n) is 1.29. The van der Waals surface area contributed by atoms with Crippen molar-refractivity contribution >= 4 is 0 Å². The Hall–Kier alpha value is -0.980. The van der Waals surface area contributed by atoms with Crippen molar-refractivity contribution in [3.63, 3.8) is 0 Å². The second-order valence-corrected chi connectivity index (χ2v) is 3.31. The van der Waals surface area contributed by atoms with Crippen LogP contribution in [0.2, 0.25) is 0 Å². The Bertz CT molecular complexity index is 238. The summed E-state index contributed by atoms with van der Waals surface area (Å²) < 4.78 is 5.37. The van der Waals surface area contributed by atoms with E-state index in [0.717, 1.165) is 12.4 Å². The molecule has 0 N–H and O–H groups in total. The smallest absolute Gasteiger partial charge is 0.119 e. The number of rotatable bonds is 4. The molecule has 13 heavy (non-hydrogen) atoms. The molecule has 1 heteroatoms. The zero-order valence-electron chi connectivity index (χ0n) is 8.71. The van der Waals surface area contributed by atoms with Gasteiger partial charge in [-0.3, -0.25) is 0 Å². The van der Waals surface area contributed by atoms with E-state index in [1.54, 1.807) is 0 Å². The third kappa shape index (κ3) is 2.76. The molecule has 0 saturated carbocycles. The molecule has 0 saturated heterocycles. The number of hydrogen-bond acceptors (Lipinski definition) is 1. The van der Waals surface area contributed by atoms with Crippen molar-refractivity contribution in [3.8, 4) is 5.75 Å². The summed E-state index contributed by atoms with van der Waals surface area (Å²) in [6.07, 6.45) is 1.19. The fourth-order valence-corrected chi connectivity index (χ4v) is 1.29. The summed E-state index contributed by atoms with van der Waals surface area (Å²) in [5.41, 5.74) is 1.39. The Labute approximate surface area is 80.7 Å². The first-order chi connectivity index (χ1) is 6.27. The summed E-state index contributed by atoms with van der Waals surface area (Å²) in [5.74, 6) is 1.62. The molecule has 0 aromatic heterocycles. The minimum Gasteiger partial charge on any atom is -0.494 e. The van der Waals surface area contributed by atoms with Crippen LogP contribution >= 0.6 is 0 Å². The first-order valence-electron chi connectivity index (χ1n) is 5.00. The molecule has 0 aliphatic rings. The normalized spacial score (nSPS) is 12.5. The zero-order chi connectivity index (χ0) is 9.68. The predicted molar refractivity (Wildman–Crippen MR) is 56.3 cm³/mol. The fraction of sp³-hybridized carbons (Fsp3) is 0.500. The molecule has 0 aliphatic heterocycles. The van der Waals surface area contributed by atoms with Gasteiger partial charge in [0.1, 0.15) is 5.75 Å². The molecule has 1 aromatic carbocycles. The molecule has 72 valence electrons. The van der Waals surface area contributed by atoms with Crippen LogP contribution in [0.4, 0.5) is 0 Å². The number of hydrogen-bond donors (Lipinski definition) is 0. The first kappa shape index (κ1) is 10.1. The van der Waals surface area contributed by atoms with Gasteiger partial charge < -0.3 is 4.74 Å². The van der Waals surface area contributed by atoms with E-state index in [0.29, 0.717) is 5.92 Å². The van der Waals surface area contributed by atoms with Crippen molar-refractivity contribution in [3.05, 3.63) is 29.8 Å². The molecule has 0 amide bonds. The Morgan fingerprint density at radius 3 is 2.23 bits per heavy atom. The highest BCUT2D eigenvalue weighted by Gasteiger charge is 2.01. The molecule has 1 nitrogen and oxygen atoms in total. The molecule has 0 spiro atoms. The molecule has 0 unspecified atom stereocenters. The number of ether oxygens (including phenoxy) is 1. The molecule has 0 fully saturated rings. The van der Waals surface area contributed by atoms with E-state index >= 15 is 0 Å². The van der Waals surface area contributed by atoms with E-state index in [1.165, 1.54) is 12.0 Å². The summed E-state index contributed by atoms with van der Waals surface area (Å²) in [5, 5.41) is 0. The Morgan fingerprint density at radius 1 is 1.15 bits per heavy atom. The van der Waals surface area contributed by atoms with Gasteiger partial charge in [0.2, 0.25) is 0 Å². The summed E-state index contributed by atoms with van der Waals surface area (Å²) in [6, 6.07) is 8.40. The lowest BCUT2D eigenvalue weighted by atomic mass is 9.99. The van der Waals surface area contributed by atoms with Gasteiger partial charge in [-0.05, 0) is 37.0 Å². The standard InChI is InChI=1S/C12H18O/c1-4-10(3)11-6-8-12(9-7-11)13-5-2/h6-10H,4-5H2,1-3H3/t10-/m0/s1. The lowest BCUT2D eigenvalue weighted by Crippen LogP contribution is -1.93. The van der Waals surface area contributed by atoms with Crippen molar-refractivity contribution < 1.29 is 4.74 Å². The Morgan fingerprint density at radius 2 is 1.77 bits per heavy atom. The van der Waals surface area contributed by atoms with Crippen LogP contribution in [0, 0.1) is 0 Å². The molecule has 1 atom stereocenters. The Balaban J connectivity index is 2.69.